The van der Waals surface area contributed by atoms with Gasteiger partial charge in [-0.1, -0.05) is 12.1 Å². The molecule has 0 fully saturated rings. The maximum absolute atomic E-state index is 12.9. The van der Waals surface area contributed by atoms with E-state index in [9.17, 15) is 13.6 Å². The van der Waals surface area contributed by atoms with Crippen LogP contribution < -0.4 is 10.1 Å². The summed E-state index contributed by atoms with van der Waals surface area (Å²) in [5.74, 6) is 0.838. The summed E-state index contributed by atoms with van der Waals surface area (Å²) in [5, 5.41) is 9.77. The van der Waals surface area contributed by atoms with Crippen molar-refractivity contribution in [2.24, 2.45) is 0 Å². The molecule has 0 radical (unpaired) electrons. The number of H-pyrrole nitrogens is 2. The normalized spacial score (nSPS) is 15.7. The molecule has 30 heavy (non-hydrogen) atoms. The SMILES string of the molecule is O=C(Nc1cn[nH]c1-c1nc2c([nH]1)CN(CC(F)F)CC2)c1cccc2c1OCC2. The lowest BCUT2D eigenvalue weighted by Crippen LogP contribution is -2.34. The van der Waals surface area contributed by atoms with Gasteiger partial charge in [0.15, 0.2) is 5.82 Å². The molecule has 10 heteroatoms. The summed E-state index contributed by atoms with van der Waals surface area (Å²) in [6.07, 6.45) is 0.518. The third kappa shape index (κ3) is 3.43. The van der Waals surface area contributed by atoms with Crippen LogP contribution in [0.15, 0.2) is 24.4 Å². The highest BCUT2D eigenvalue weighted by atomic mass is 19.3. The van der Waals surface area contributed by atoms with Gasteiger partial charge >= 0.3 is 0 Å². The highest BCUT2D eigenvalue weighted by Gasteiger charge is 2.25. The van der Waals surface area contributed by atoms with Gasteiger partial charge in [-0.25, -0.2) is 13.8 Å². The monoisotopic (exact) mass is 414 g/mol. The van der Waals surface area contributed by atoms with Crippen molar-refractivity contribution in [3.63, 3.8) is 0 Å². The van der Waals surface area contributed by atoms with Gasteiger partial charge in [-0.3, -0.25) is 14.8 Å². The summed E-state index contributed by atoms with van der Waals surface area (Å²) < 4.78 is 31.0. The van der Waals surface area contributed by atoms with Gasteiger partial charge < -0.3 is 15.0 Å². The molecule has 3 N–H and O–H groups in total. The Balaban J connectivity index is 1.37. The van der Waals surface area contributed by atoms with Crippen LogP contribution in [0.25, 0.3) is 11.5 Å². The molecule has 5 rings (SSSR count). The standard InChI is InChI=1S/C20H20F2N6O2/c21-16(22)10-28-6-4-13-15(9-28)25-19(24-13)17-14(8-23-27-17)26-20(29)12-3-1-2-11-5-7-30-18(11)12/h1-3,8,16H,4-7,9-10H2,(H,23,27)(H,24,25)(H,26,29). The predicted octanol–water partition coefficient (Wildman–Crippen LogP) is 2.61. The van der Waals surface area contributed by atoms with E-state index in [0.29, 0.717) is 54.6 Å². The summed E-state index contributed by atoms with van der Waals surface area (Å²) >= 11 is 0. The van der Waals surface area contributed by atoms with Crippen LogP contribution in [0.5, 0.6) is 5.75 Å². The Hall–Kier alpha value is -3.27. The Morgan fingerprint density at radius 3 is 3.10 bits per heavy atom. The first-order chi connectivity index (χ1) is 14.6. The molecule has 0 bridgehead atoms. The van der Waals surface area contributed by atoms with Crippen molar-refractivity contribution in [2.45, 2.75) is 25.8 Å². The maximum Gasteiger partial charge on any atom is 0.259 e. The Morgan fingerprint density at radius 1 is 1.33 bits per heavy atom. The number of imidazole rings is 1. The molecule has 1 amide bonds. The molecular weight excluding hydrogens is 394 g/mol. The third-order valence-electron chi connectivity index (χ3n) is 5.39. The second-order valence-corrected chi connectivity index (χ2v) is 7.39. The van der Waals surface area contributed by atoms with E-state index >= 15 is 0 Å². The van der Waals surface area contributed by atoms with Crippen LogP contribution in [0.4, 0.5) is 14.5 Å². The number of carbonyl (C=O) groups excluding carboxylic acids is 1. The molecule has 0 saturated carbocycles. The number of nitrogens with zero attached hydrogens (tertiary/aromatic N) is 3. The van der Waals surface area contributed by atoms with Crippen LogP contribution in [-0.4, -0.2) is 57.1 Å². The number of anilines is 1. The highest BCUT2D eigenvalue weighted by Crippen LogP contribution is 2.31. The van der Waals surface area contributed by atoms with Crippen LogP contribution in [0, 0.1) is 0 Å². The largest absolute Gasteiger partial charge is 0.492 e. The van der Waals surface area contributed by atoms with E-state index in [4.69, 9.17) is 4.74 Å². The number of benzene rings is 1. The molecule has 8 nitrogen and oxygen atoms in total. The van der Waals surface area contributed by atoms with Crippen molar-refractivity contribution in [3.05, 3.63) is 46.9 Å². The minimum Gasteiger partial charge on any atom is -0.492 e. The van der Waals surface area contributed by atoms with E-state index in [0.717, 1.165) is 23.4 Å². The number of rotatable bonds is 5. The van der Waals surface area contributed by atoms with Gasteiger partial charge in [0.2, 0.25) is 0 Å². The fourth-order valence-corrected chi connectivity index (χ4v) is 3.96. The Morgan fingerprint density at radius 2 is 2.23 bits per heavy atom. The van der Waals surface area contributed by atoms with E-state index in [2.05, 4.69) is 25.5 Å². The summed E-state index contributed by atoms with van der Waals surface area (Å²) in [6.45, 7) is 1.23. The smallest absolute Gasteiger partial charge is 0.259 e. The van der Waals surface area contributed by atoms with E-state index < -0.39 is 6.43 Å². The number of ether oxygens (including phenoxy) is 1. The van der Waals surface area contributed by atoms with Gasteiger partial charge in [-0.15, -0.1) is 0 Å². The van der Waals surface area contributed by atoms with Crippen molar-refractivity contribution < 1.29 is 18.3 Å². The van der Waals surface area contributed by atoms with Gasteiger partial charge in [0.25, 0.3) is 12.3 Å². The van der Waals surface area contributed by atoms with E-state index in [1.165, 1.54) is 6.20 Å². The van der Waals surface area contributed by atoms with E-state index in [1.54, 1.807) is 11.0 Å². The van der Waals surface area contributed by atoms with Gasteiger partial charge in [0.05, 0.1) is 42.0 Å². The van der Waals surface area contributed by atoms with E-state index in [1.807, 2.05) is 12.1 Å². The molecule has 0 unspecified atom stereocenters. The lowest BCUT2D eigenvalue weighted by atomic mass is 10.1. The average Bonchev–Trinajstić information content (AvgIpc) is 3.45. The minimum atomic E-state index is -2.37. The number of amides is 1. The van der Waals surface area contributed by atoms with Crippen LogP contribution in [0.2, 0.25) is 0 Å². The fraction of sp³-hybridized carbons (Fsp3) is 0.350. The molecule has 2 aliphatic rings. The maximum atomic E-state index is 12.9. The van der Waals surface area contributed by atoms with Gasteiger partial charge in [-0.05, 0) is 11.6 Å². The van der Waals surface area contributed by atoms with Crippen LogP contribution in [0.3, 0.4) is 0 Å². The minimum absolute atomic E-state index is 0.261. The molecule has 2 aliphatic heterocycles. The lowest BCUT2D eigenvalue weighted by Gasteiger charge is -2.25. The fourth-order valence-electron chi connectivity index (χ4n) is 3.96. The molecule has 0 atom stereocenters. The number of hydrogen-bond acceptors (Lipinski definition) is 5. The van der Waals surface area contributed by atoms with Crippen molar-refractivity contribution >= 4 is 11.6 Å². The first-order valence-corrected chi connectivity index (χ1v) is 9.76. The molecule has 3 aromatic rings. The predicted molar refractivity (Wildman–Crippen MR) is 105 cm³/mol. The average molecular weight is 414 g/mol. The van der Waals surface area contributed by atoms with Crippen LogP contribution >= 0.6 is 0 Å². The molecule has 4 heterocycles. The molecule has 1 aromatic carbocycles. The number of hydrogen-bond donors (Lipinski definition) is 3. The molecule has 0 saturated heterocycles. The number of aromatic nitrogens is 4. The van der Waals surface area contributed by atoms with Gasteiger partial charge in [0.1, 0.15) is 11.4 Å². The number of halogens is 2. The number of para-hydroxylation sites is 1. The summed E-state index contributed by atoms with van der Waals surface area (Å²) in [5.41, 5.74) is 4.15. The van der Waals surface area contributed by atoms with Gasteiger partial charge in [0, 0.05) is 25.9 Å². The third-order valence-corrected chi connectivity index (χ3v) is 5.39. The van der Waals surface area contributed by atoms with Crippen molar-refractivity contribution in [2.75, 3.05) is 25.0 Å². The molecular formula is C20H20F2N6O2. The Labute approximate surface area is 170 Å². The second kappa shape index (κ2) is 7.52. The van der Waals surface area contributed by atoms with Crippen molar-refractivity contribution in [1.29, 1.82) is 0 Å². The highest BCUT2D eigenvalue weighted by molar-refractivity contribution is 6.07. The number of nitrogens with one attached hydrogen (secondary N) is 3. The zero-order valence-corrected chi connectivity index (χ0v) is 16.0. The Kier molecular flexibility index (Phi) is 4.70. The van der Waals surface area contributed by atoms with Gasteiger partial charge in [-0.2, -0.15) is 5.10 Å². The molecule has 156 valence electrons. The summed E-state index contributed by atoms with van der Waals surface area (Å²) in [6, 6.07) is 5.51. The van der Waals surface area contributed by atoms with Crippen LogP contribution in [-0.2, 0) is 19.4 Å². The molecule has 2 aromatic heterocycles. The number of carbonyl (C=O) groups is 1. The lowest BCUT2D eigenvalue weighted by molar-refractivity contribution is 0.0812. The zero-order valence-electron chi connectivity index (χ0n) is 16.0. The zero-order chi connectivity index (χ0) is 20.7. The van der Waals surface area contributed by atoms with Crippen LogP contribution in [0.1, 0.15) is 27.3 Å². The number of aromatic amines is 2. The quantitative estimate of drug-likeness (QED) is 0.596. The van der Waals surface area contributed by atoms with Crippen molar-refractivity contribution in [1.82, 2.24) is 25.1 Å². The number of alkyl halides is 2. The topological polar surface area (TPSA) is 98.9 Å². The number of fused-ring (bicyclic) bond motifs is 2. The summed E-state index contributed by atoms with van der Waals surface area (Å²) in [7, 11) is 0. The van der Waals surface area contributed by atoms with E-state index in [-0.39, 0.29) is 12.5 Å². The summed E-state index contributed by atoms with van der Waals surface area (Å²) in [4.78, 5) is 22.3. The molecule has 0 aliphatic carbocycles. The van der Waals surface area contributed by atoms with Crippen molar-refractivity contribution in [3.8, 4) is 17.3 Å². The molecule has 0 spiro atoms. The second-order valence-electron chi connectivity index (χ2n) is 7.39. The Bertz CT molecular complexity index is 1090. The first-order valence-electron chi connectivity index (χ1n) is 9.76. The first kappa shape index (κ1) is 18.7.